The highest BCUT2D eigenvalue weighted by molar-refractivity contribution is 9.10. The number of hydrogen-bond acceptors (Lipinski definition) is 2. The molecule has 0 saturated heterocycles. The molecule has 2 N–H and O–H groups in total. The second kappa shape index (κ2) is 4.48. The van der Waals surface area contributed by atoms with Gasteiger partial charge in [-0.3, -0.25) is 0 Å². The van der Waals surface area contributed by atoms with E-state index in [0.29, 0.717) is 10.9 Å². The smallest absolute Gasteiger partial charge is 0.105 e. The molecule has 0 bridgehead atoms. The van der Waals surface area contributed by atoms with E-state index < -0.39 is 0 Å². The fraction of sp³-hybridized carbons (Fsp3) is 0.231. The fourth-order valence-electron chi connectivity index (χ4n) is 1.93. The molecule has 18 heavy (non-hydrogen) atoms. The van der Waals surface area contributed by atoms with Crippen LogP contribution in [0.4, 0.5) is 0 Å². The van der Waals surface area contributed by atoms with Crippen molar-refractivity contribution in [1.29, 1.82) is 0 Å². The molecule has 0 amide bonds. The minimum absolute atomic E-state index is 0.396. The first-order chi connectivity index (χ1) is 8.65. The molecule has 1 saturated carbocycles. The summed E-state index contributed by atoms with van der Waals surface area (Å²) in [5.41, 5.74) is 8.68. The lowest BCUT2D eigenvalue weighted by molar-refractivity contribution is 0.837. The van der Waals surface area contributed by atoms with E-state index in [2.05, 4.69) is 27.1 Å². The fourth-order valence-corrected chi connectivity index (χ4v) is 2.81. The minimum Gasteiger partial charge on any atom is -0.389 e. The number of rotatable bonds is 3. The van der Waals surface area contributed by atoms with Crippen LogP contribution < -0.4 is 5.73 Å². The van der Waals surface area contributed by atoms with Crippen molar-refractivity contribution < 1.29 is 0 Å². The molecule has 0 atom stereocenters. The number of halogens is 1. The highest BCUT2D eigenvalue weighted by atomic mass is 79.9. The van der Waals surface area contributed by atoms with Crippen molar-refractivity contribution in [2.75, 3.05) is 0 Å². The van der Waals surface area contributed by atoms with E-state index in [1.807, 2.05) is 29.1 Å². The van der Waals surface area contributed by atoms with Gasteiger partial charge in [0.2, 0.25) is 0 Å². The Morgan fingerprint density at radius 1 is 1.39 bits per heavy atom. The molecule has 1 heterocycles. The largest absolute Gasteiger partial charge is 0.389 e. The number of benzene rings is 1. The van der Waals surface area contributed by atoms with Crippen LogP contribution in [0.5, 0.6) is 0 Å². The molecule has 1 aliphatic carbocycles. The van der Waals surface area contributed by atoms with Crippen LogP contribution in [-0.2, 0) is 0 Å². The number of nitrogens with zero attached hydrogens (tertiary/aromatic N) is 2. The highest BCUT2D eigenvalue weighted by Crippen LogP contribution is 2.39. The summed E-state index contributed by atoms with van der Waals surface area (Å²) in [7, 11) is 0. The third-order valence-electron chi connectivity index (χ3n) is 3.09. The van der Waals surface area contributed by atoms with Gasteiger partial charge in [0.05, 0.1) is 11.4 Å². The van der Waals surface area contributed by atoms with Crippen LogP contribution >= 0.6 is 28.1 Å². The van der Waals surface area contributed by atoms with Crippen molar-refractivity contribution in [3.63, 3.8) is 0 Å². The Morgan fingerprint density at radius 3 is 2.78 bits per heavy atom. The Bertz CT molecular complexity index is 616. The monoisotopic (exact) mass is 321 g/mol. The van der Waals surface area contributed by atoms with Gasteiger partial charge in [-0.15, -0.1) is 0 Å². The van der Waals surface area contributed by atoms with Crippen LogP contribution in [0, 0.1) is 0 Å². The maximum atomic E-state index is 5.63. The lowest BCUT2D eigenvalue weighted by atomic mass is 10.2. The number of hydrogen-bond donors (Lipinski definition) is 1. The summed E-state index contributed by atoms with van der Waals surface area (Å²) < 4.78 is 2.79. The van der Waals surface area contributed by atoms with Crippen LogP contribution in [0.1, 0.15) is 30.0 Å². The molecule has 0 spiro atoms. The molecule has 1 aromatic heterocycles. The van der Waals surface area contributed by atoms with E-state index in [1.165, 1.54) is 18.5 Å². The summed E-state index contributed by atoms with van der Waals surface area (Å²) in [6.45, 7) is 0. The molecule has 3 rings (SSSR count). The zero-order valence-corrected chi connectivity index (χ0v) is 12.0. The molecule has 0 unspecified atom stereocenters. The van der Waals surface area contributed by atoms with E-state index in [1.54, 1.807) is 0 Å². The first kappa shape index (κ1) is 11.9. The molecule has 1 aliphatic rings. The predicted octanol–water partition coefficient (Wildman–Crippen LogP) is 3.15. The third-order valence-corrected chi connectivity index (χ3v) is 3.96. The summed E-state index contributed by atoms with van der Waals surface area (Å²) in [4.78, 5) is 0.396. The van der Waals surface area contributed by atoms with Gasteiger partial charge in [0.25, 0.3) is 0 Å². The molecule has 0 aliphatic heterocycles. The van der Waals surface area contributed by atoms with E-state index in [0.717, 1.165) is 15.7 Å². The van der Waals surface area contributed by atoms with Gasteiger partial charge in [-0.05, 0) is 53.0 Å². The predicted molar refractivity (Wildman–Crippen MR) is 79.1 cm³/mol. The van der Waals surface area contributed by atoms with Crippen molar-refractivity contribution in [3.8, 4) is 5.69 Å². The van der Waals surface area contributed by atoms with Crippen LogP contribution in [0.3, 0.4) is 0 Å². The summed E-state index contributed by atoms with van der Waals surface area (Å²) in [5, 5.41) is 4.59. The van der Waals surface area contributed by atoms with Crippen LogP contribution in [0.25, 0.3) is 5.69 Å². The summed E-state index contributed by atoms with van der Waals surface area (Å²) >= 11 is 8.47. The van der Waals surface area contributed by atoms with Crippen LogP contribution in [-0.4, -0.2) is 14.8 Å². The maximum Gasteiger partial charge on any atom is 0.105 e. The molecular weight excluding hydrogens is 310 g/mol. The van der Waals surface area contributed by atoms with Gasteiger partial charge in [0, 0.05) is 22.2 Å². The molecule has 5 heteroatoms. The quantitative estimate of drug-likeness (QED) is 0.883. The van der Waals surface area contributed by atoms with Gasteiger partial charge in [0.15, 0.2) is 0 Å². The first-order valence-electron chi connectivity index (χ1n) is 5.80. The van der Waals surface area contributed by atoms with Gasteiger partial charge in [-0.2, -0.15) is 5.10 Å². The van der Waals surface area contributed by atoms with Gasteiger partial charge in [0.1, 0.15) is 4.99 Å². The van der Waals surface area contributed by atoms with Crippen LogP contribution in [0.2, 0.25) is 0 Å². The van der Waals surface area contributed by atoms with Gasteiger partial charge >= 0.3 is 0 Å². The standard InChI is InChI=1S/C13H12BrN3S/c14-11-7-9(3-4-10(11)13(15)18)17-6-5-12(16-17)8-1-2-8/h3-8H,1-2H2,(H2,15,18). The van der Waals surface area contributed by atoms with Gasteiger partial charge in [-0.25, -0.2) is 4.68 Å². The van der Waals surface area contributed by atoms with Crippen molar-refractivity contribution in [3.05, 3.63) is 46.2 Å². The maximum absolute atomic E-state index is 5.63. The average Bonchev–Trinajstić information content (AvgIpc) is 3.06. The second-order valence-electron chi connectivity index (χ2n) is 4.49. The third kappa shape index (κ3) is 2.20. The van der Waals surface area contributed by atoms with Gasteiger partial charge < -0.3 is 5.73 Å². The van der Waals surface area contributed by atoms with E-state index in [4.69, 9.17) is 18.0 Å². The summed E-state index contributed by atoms with van der Waals surface area (Å²) in [6, 6.07) is 7.97. The van der Waals surface area contributed by atoms with Gasteiger partial charge in [-0.1, -0.05) is 12.2 Å². The second-order valence-corrected chi connectivity index (χ2v) is 5.78. The summed E-state index contributed by atoms with van der Waals surface area (Å²) in [5.74, 6) is 0.672. The Hall–Kier alpha value is -1.20. The number of nitrogens with two attached hydrogens (primary N) is 1. The SMILES string of the molecule is NC(=S)c1ccc(-n2ccc(C3CC3)n2)cc1Br. The van der Waals surface area contributed by atoms with Crippen molar-refractivity contribution in [1.82, 2.24) is 9.78 Å². The van der Waals surface area contributed by atoms with Crippen molar-refractivity contribution in [2.24, 2.45) is 5.73 Å². The molecule has 3 nitrogen and oxygen atoms in total. The Kier molecular flexibility index (Phi) is 2.95. The zero-order chi connectivity index (χ0) is 12.7. The molecular formula is C13H12BrN3S. The molecule has 0 radical (unpaired) electrons. The van der Waals surface area contributed by atoms with Crippen molar-refractivity contribution in [2.45, 2.75) is 18.8 Å². The first-order valence-corrected chi connectivity index (χ1v) is 7.00. The lowest BCUT2D eigenvalue weighted by Gasteiger charge is -2.06. The van der Waals surface area contributed by atoms with E-state index in [9.17, 15) is 0 Å². The zero-order valence-electron chi connectivity index (χ0n) is 9.64. The topological polar surface area (TPSA) is 43.8 Å². The van der Waals surface area contributed by atoms with Crippen molar-refractivity contribution >= 4 is 33.1 Å². The van der Waals surface area contributed by atoms with E-state index >= 15 is 0 Å². The lowest BCUT2D eigenvalue weighted by Crippen LogP contribution is -2.10. The Morgan fingerprint density at radius 2 is 2.17 bits per heavy atom. The molecule has 1 fully saturated rings. The summed E-state index contributed by atoms with van der Waals surface area (Å²) in [6.07, 6.45) is 4.53. The molecule has 2 aromatic rings. The Balaban J connectivity index is 1.95. The number of thiocarbonyl (C=S) groups is 1. The average molecular weight is 322 g/mol. The van der Waals surface area contributed by atoms with E-state index in [-0.39, 0.29) is 0 Å². The molecule has 92 valence electrons. The number of aromatic nitrogens is 2. The Labute approximate surface area is 119 Å². The molecule has 1 aromatic carbocycles. The normalized spacial score (nSPS) is 14.7. The minimum atomic E-state index is 0.396. The highest BCUT2D eigenvalue weighted by Gasteiger charge is 2.25. The van der Waals surface area contributed by atoms with Crippen LogP contribution in [0.15, 0.2) is 34.9 Å².